The van der Waals surface area contributed by atoms with Gasteiger partial charge in [0.1, 0.15) is 11.7 Å². The SMILES string of the molecule is Cc1nc2c(-c3ccc(S(=O)(=O)N4CCOCC4)cc3)cc(C(=O)N(C)C)cc2n1C/C(F)=C/CN. The number of rotatable bonds is 7. The first-order chi connectivity index (χ1) is 17.1. The largest absolute Gasteiger partial charge is 0.379 e. The van der Waals surface area contributed by atoms with E-state index < -0.39 is 15.9 Å². The number of fused-ring (bicyclic) bond motifs is 1. The maximum Gasteiger partial charge on any atom is 0.253 e. The van der Waals surface area contributed by atoms with Crippen LogP contribution in [-0.2, 0) is 21.3 Å². The van der Waals surface area contributed by atoms with Crippen LogP contribution in [0.15, 0.2) is 53.2 Å². The number of carbonyl (C=O) groups excluding carboxylic acids is 1. The molecule has 1 fully saturated rings. The van der Waals surface area contributed by atoms with Crippen LogP contribution in [0.2, 0.25) is 0 Å². The Hall–Kier alpha value is -3.12. The molecule has 11 heteroatoms. The number of amides is 1. The van der Waals surface area contributed by atoms with Gasteiger partial charge in [-0.1, -0.05) is 12.1 Å². The van der Waals surface area contributed by atoms with Crippen LogP contribution in [0.1, 0.15) is 16.2 Å². The zero-order valence-corrected chi connectivity index (χ0v) is 21.4. The maximum atomic E-state index is 14.4. The summed E-state index contributed by atoms with van der Waals surface area (Å²) in [5.41, 5.74) is 8.40. The van der Waals surface area contributed by atoms with Gasteiger partial charge in [-0.15, -0.1) is 0 Å². The van der Waals surface area contributed by atoms with Gasteiger partial charge in [0.2, 0.25) is 10.0 Å². The van der Waals surface area contributed by atoms with E-state index in [0.717, 1.165) is 0 Å². The quantitative estimate of drug-likeness (QED) is 0.518. The lowest BCUT2D eigenvalue weighted by Crippen LogP contribution is -2.40. The fourth-order valence-corrected chi connectivity index (χ4v) is 5.63. The monoisotopic (exact) mass is 515 g/mol. The summed E-state index contributed by atoms with van der Waals surface area (Å²) < 4.78 is 48.8. The van der Waals surface area contributed by atoms with Crippen LogP contribution >= 0.6 is 0 Å². The molecule has 0 atom stereocenters. The lowest BCUT2D eigenvalue weighted by atomic mass is 10.0. The highest BCUT2D eigenvalue weighted by molar-refractivity contribution is 7.89. The first-order valence-electron chi connectivity index (χ1n) is 11.6. The number of morpholine rings is 1. The molecular formula is C25H30FN5O4S. The third-order valence-electron chi connectivity index (χ3n) is 6.12. The smallest absolute Gasteiger partial charge is 0.253 e. The molecule has 2 heterocycles. The number of aryl methyl sites for hydroxylation is 1. The molecule has 0 bridgehead atoms. The predicted molar refractivity (Wildman–Crippen MR) is 136 cm³/mol. The highest BCUT2D eigenvalue weighted by Gasteiger charge is 2.26. The highest BCUT2D eigenvalue weighted by Crippen LogP contribution is 2.32. The van der Waals surface area contributed by atoms with E-state index in [4.69, 9.17) is 10.5 Å². The number of hydrogen-bond acceptors (Lipinski definition) is 6. The maximum absolute atomic E-state index is 14.4. The number of hydrogen-bond donors (Lipinski definition) is 1. The van der Waals surface area contributed by atoms with E-state index in [1.54, 1.807) is 62.0 Å². The average Bonchev–Trinajstić information content (AvgIpc) is 3.18. The highest BCUT2D eigenvalue weighted by atomic mass is 32.2. The molecule has 1 amide bonds. The van der Waals surface area contributed by atoms with E-state index in [2.05, 4.69) is 4.98 Å². The van der Waals surface area contributed by atoms with Gasteiger partial charge >= 0.3 is 0 Å². The van der Waals surface area contributed by atoms with Gasteiger partial charge in [0.15, 0.2) is 0 Å². The van der Waals surface area contributed by atoms with E-state index in [0.29, 0.717) is 59.9 Å². The van der Waals surface area contributed by atoms with Crippen molar-refractivity contribution in [2.45, 2.75) is 18.4 Å². The van der Waals surface area contributed by atoms with Gasteiger partial charge in [0.05, 0.1) is 35.7 Å². The molecule has 2 N–H and O–H groups in total. The molecule has 192 valence electrons. The molecule has 4 rings (SSSR count). The van der Waals surface area contributed by atoms with Gasteiger partial charge in [-0.05, 0) is 42.8 Å². The van der Waals surface area contributed by atoms with Crippen LogP contribution in [0.3, 0.4) is 0 Å². The molecular weight excluding hydrogens is 485 g/mol. The number of carbonyl (C=O) groups is 1. The van der Waals surface area contributed by atoms with E-state index in [9.17, 15) is 17.6 Å². The number of sulfonamides is 1. The molecule has 2 aromatic carbocycles. The molecule has 1 saturated heterocycles. The van der Waals surface area contributed by atoms with Crippen LogP contribution in [0.25, 0.3) is 22.2 Å². The molecule has 1 aliphatic rings. The third kappa shape index (κ3) is 5.05. The summed E-state index contributed by atoms with van der Waals surface area (Å²) in [6, 6.07) is 9.96. The molecule has 0 saturated carbocycles. The number of nitrogens with two attached hydrogens (primary N) is 1. The molecule has 1 aliphatic heterocycles. The summed E-state index contributed by atoms with van der Waals surface area (Å²) in [4.78, 5) is 19.2. The standard InChI is InChI=1S/C25H30FN5O4S/c1-17-28-24-22(18-4-6-21(7-5-18)36(33,34)30-10-12-35-13-11-30)14-19(25(32)29(2)3)15-23(24)31(17)16-20(26)8-9-27/h4-8,14-15H,9-13,16,27H2,1-3H3/b20-8-. The average molecular weight is 516 g/mol. The number of imidazole rings is 1. The van der Waals surface area contributed by atoms with Crippen LogP contribution in [0, 0.1) is 6.92 Å². The van der Waals surface area contributed by atoms with Gasteiger partial charge in [-0.2, -0.15) is 4.31 Å². The second kappa shape index (κ2) is 10.5. The summed E-state index contributed by atoms with van der Waals surface area (Å²) in [6.07, 6.45) is 1.30. The number of halogens is 1. The van der Waals surface area contributed by atoms with E-state index in [1.807, 2.05) is 0 Å². The molecule has 0 radical (unpaired) electrons. The molecule has 0 spiro atoms. The molecule has 1 aromatic heterocycles. The van der Waals surface area contributed by atoms with Gasteiger partial charge < -0.3 is 19.9 Å². The van der Waals surface area contributed by atoms with Gasteiger partial charge in [0.25, 0.3) is 5.91 Å². The summed E-state index contributed by atoms with van der Waals surface area (Å²) >= 11 is 0. The molecule has 0 aliphatic carbocycles. The molecule has 3 aromatic rings. The summed E-state index contributed by atoms with van der Waals surface area (Å²) in [6.45, 7) is 3.14. The minimum atomic E-state index is -3.64. The second-order valence-corrected chi connectivity index (χ2v) is 10.7. The summed E-state index contributed by atoms with van der Waals surface area (Å²) in [5.74, 6) is -0.0377. The van der Waals surface area contributed by atoms with Crippen molar-refractivity contribution < 1.29 is 22.3 Å². The van der Waals surface area contributed by atoms with Crippen molar-refractivity contribution in [1.29, 1.82) is 0 Å². The van der Waals surface area contributed by atoms with Gasteiger partial charge in [0, 0.05) is 44.9 Å². The normalized spacial score (nSPS) is 15.4. The summed E-state index contributed by atoms with van der Waals surface area (Å²) in [5, 5.41) is 0. The van der Waals surface area contributed by atoms with Crippen LogP contribution < -0.4 is 5.73 Å². The lowest BCUT2D eigenvalue weighted by molar-refractivity contribution is 0.0730. The number of benzene rings is 2. The van der Waals surface area contributed by atoms with Crippen molar-refractivity contribution in [1.82, 2.24) is 18.8 Å². The third-order valence-corrected chi connectivity index (χ3v) is 8.03. The fraction of sp³-hybridized carbons (Fsp3) is 0.360. The Bertz CT molecular complexity index is 1410. The minimum Gasteiger partial charge on any atom is -0.379 e. The van der Waals surface area contributed by atoms with Crippen molar-refractivity contribution in [3.63, 3.8) is 0 Å². The number of nitrogens with zero attached hydrogens (tertiary/aromatic N) is 4. The molecule has 0 unspecified atom stereocenters. The van der Waals surface area contributed by atoms with Crippen molar-refractivity contribution in [2.24, 2.45) is 5.73 Å². The van der Waals surface area contributed by atoms with Crippen LogP contribution in [-0.4, -0.2) is 80.0 Å². The van der Waals surface area contributed by atoms with E-state index in [1.165, 1.54) is 15.3 Å². The number of allylic oxidation sites excluding steroid dienone is 1. The topological polar surface area (TPSA) is 111 Å². The van der Waals surface area contributed by atoms with E-state index >= 15 is 0 Å². The number of aromatic nitrogens is 2. The predicted octanol–water partition coefficient (Wildman–Crippen LogP) is 2.55. The Morgan fingerprint density at radius 2 is 1.86 bits per heavy atom. The number of ether oxygens (including phenoxy) is 1. The van der Waals surface area contributed by atoms with Crippen LogP contribution in [0.4, 0.5) is 4.39 Å². The van der Waals surface area contributed by atoms with Gasteiger partial charge in [-0.25, -0.2) is 17.8 Å². The molecule has 9 nitrogen and oxygen atoms in total. The zero-order chi connectivity index (χ0) is 26.0. The molecule has 36 heavy (non-hydrogen) atoms. The zero-order valence-electron chi connectivity index (χ0n) is 20.6. The second-order valence-electron chi connectivity index (χ2n) is 8.76. The Morgan fingerprint density at radius 3 is 2.47 bits per heavy atom. The Labute approximate surface area is 210 Å². The summed E-state index contributed by atoms with van der Waals surface area (Å²) in [7, 11) is -0.330. The Morgan fingerprint density at radius 1 is 1.19 bits per heavy atom. The van der Waals surface area contributed by atoms with Gasteiger partial charge in [-0.3, -0.25) is 4.79 Å². The lowest BCUT2D eigenvalue weighted by Gasteiger charge is -2.26. The minimum absolute atomic E-state index is 0.0602. The fourth-order valence-electron chi connectivity index (χ4n) is 4.23. The first kappa shape index (κ1) is 26.0. The van der Waals surface area contributed by atoms with Crippen molar-refractivity contribution >= 4 is 27.0 Å². The van der Waals surface area contributed by atoms with E-state index in [-0.39, 0.29) is 23.9 Å². The van der Waals surface area contributed by atoms with Crippen molar-refractivity contribution in [3.8, 4) is 11.1 Å². The first-order valence-corrected chi connectivity index (χ1v) is 13.0. The van der Waals surface area contributed by atoms with Crippen molar-refractivity contribution in [2.75, 3.05) is 46.9 Å². The van der Waals surface area contributed by atoms with Crippen LogP contribution in [0.5, 0.6) is 0 Å². The Kier molecular flexibility index (Phi) is 7.55. The Balaban J connectivity index is 1.82. The van der Waals surface area contributed by atoms with Crippen molar-refractivity contribution in [3.05, 3.63) is 59.7 Å².